The Balaban J connectivity index is 1.59. The number of aliphatic hydroxyl groups excluding tert-OH is 2. The van der Waals surface area contributed by atoms with Crippen molar-refractivity contribution in [3.63, 3.8) is 0 Å². The Hall–Kier alpha value is -2.45. The lowest BCUT2D eigenvalue weighted by molar-refractivity contribution is -0.0546. The number of hydrogen-bond acceptors (Lipinski definition) is 11. The Kier molecular flexibility index (Phi) is 7.25. The minimum Gasteiger partial charge on any atom is -0.387 e. The van der Waals surface area contributed by atoms with Crippen molar-refractivity contribution in [2.75, 3.05) is 6.61 Å². The van der Waals surface area contributed by atoms with Crippen LogP contribution in [0.1, 0.15) is 17.5 Å². The molecule has 1 aromatic carbocycles. The third-order valence-corrected chi connectivity index (χ3v) is 7.40. The highest BCUT2D eigenvalue weighted by atomic mass is 31.2. The topological polar surface area (TPSA) is 213 Å². The molecule has 0 radical (unpaired) electrons. The van der Waals surface area contributed by atoms with E-state index in [1.807, 2.05) is 13.0 Å². The average molecular weight is 533 g/mol. The summed E-state index contributed by atoms with van der Waals surface area (Å²) in [6.07, 6.45) is -5.23. The number of phosphoric acid groups is 1. The van der Waals surface area contributed by atoms with Crippen LogP contribution in [0.25, 0.3) is 11.0 Å². The molecule has 6 atom stereocenters. The standard InChI is InChI=1S/C18H21N3O12P2/c1-9-3-2-4-10-11(19-32-16(9)10)7-21-13(22)5-6-20(18(21)25)17-15(24)14(23)12(31-17)8-30-35(28,29)33-34(26)27/h2-6,12,14-15,17,23-24,34H,7-8H2,1H3,(H,26,27)(H,28,29)/t12-,14?,15+,17-/m1/s1. The summed E-state index contributed by atoms with van der Waals surface area (Å²) >= 11 is 0. The molecule has 17 heteroatoms. The van der Waals surface area contributed by atoms with Gasteiger partial charge in [0.25, 0.3) is 5.56 Å². The van der Waals surface area contributed by atoms with Crippen LogP contribution in [0, 0.1) is 6.92 Å². The first kappa shape index (κ1) is 25.6. The molecule has 2 aromatic heterocycles. The van der Waals surface area contributed by atoms with Crippen LogP contribution < -0.4 is 11.2 Å². The molecule has 15 nitrogen and oxygen atoms in total. The predicted molar refractivity (Wildman–Crippen MR) is 117 cm³/mol. The van der Waals surface area contributed by atoms with E-state index >= 15 is 0 Å². The maximum absolute atomic E-state index is 13.1. The molecule has 1 aliphatic heterocycles. The zero-order valence-corrected chi connectivity index (χ0v) is 19.8. The van der Waals surface area contributed by atoms with E-state index in [0.29, 0.717) is 16.7 Å². The van der Waals surface area contributed by atoms with E-state index in [2.05, 4.69) is 14.0 Å². The second kappa shape index (κ2) is 9.90. The SMILES string of the molecule is Cc1cccc2c(Cn3c(=O)ccn([C@@H]4O[C@H](COP(=O)(O)O[PH](=O)O)C(O)[C@@H]4O)c3=O)noc12. The van der Waals surface area contributed by atoms with Crippen molar-refractivity contribution in [1.82, 2.24) is 14.3 Å². The van der Waals surface area contributed by atoms with Crippen LogP contribution in [0.4, 0.5) is 0 Å². The fourth-order valence-corrected chi connectivity index (χ4v) is 5.01. The lowest BCUT2D eigenvalue weighted by Gasteiger charge is -2.18. The molecule has 0 saturated carbocycles. The molecular weight excluding hydrogens is 512 g/mol. The van der Waals surface area contributed by atoms with Crippen molar-refractivity contribution >= 4 is 27.0 Å². The third-order valence-electron chi connectivity index (χ3n) is 5.38. The van der Waals surface area contributed by atoms with Gasteiger partial charge >= 0.3 is 21.8 Å². The van der Waals surface area contributed by atoms with Crippen LogP contribution in [0.3, 0.4) is 0 Å². The summed E-state index contributed by atoms with van der Waals surface area (Å²) in [6.45, 7) is 0.740. The monoisotopic (exact) mass is 533 g/mol. The number of para-hydroxylation sites is 1. The highest BCUT2D eigenvalue weighted by molar-refractivity contribution is 7.55. The van der Waals surface area contributed by atoms with Gasteiger partial charge in [0.05, 0.1) is 13.2 Å². The number of ether oxygens (including phenoxy) is 1. The van der Waals surface area contributed by atoms with Gasteiger partial charge in [0.15, 0.2) is 11.8 Å². The molecule has 0 bridgehead atoms. The number of aryl methyl sites for hydroxylation is 1. The second-order valence-corrected chi connectivity index (χ2v) is 10.1. The highest BCUT2D eigenvalue weighted by Crippen LogP contribution is 2.51. The molecule has 0 aliphatic carbocycles. The lowest BCUT2D eigenvalue weighted by Crippen LogP contribution is -2.43. The Bertz CT molecular complexity index is 1430. The smallest absolute Gasteiger partial charge is 0.387 e. The molecule has 0 spiro atoms. The molecule has 1 aliphatic rings. The van der Waals surface area contributed by atoms with Gasteiger partial charge in [-0.3, -0.25) is 23.0 Å². The summed E-state index contributed by atoms with van der Waals surface area (Å²) in [6, 6.07) is 6.36. The first-order valence-corrected chi connectivity index (χ1v) is 12.8. The number of phosphoric ester groups is 1. The Morgan fingerprint density at radius 3 is 2.69 bits per heavy atom. The summed E-state index contributed by atoms with van der Waals surface area (Å²) in [4.78, 5) is 43.6. The van der Waals surface area contributed by atoms with Crippen LogP contribution in [-0.4, -0.2) is 59.2 Å². The van der Waals surface area contributed by atoms with Gasteiger partial charge in [-0.25, -0.2) is 13.7 Å². The summed E-state index contributed by atoms with van der Waals surface area (Å²) in [7, 11) is -8.74. The third kappa shape index (κ3) is 5.23. The number of aromatic nitrogens is 3. The molecule has 1 saturated heterocycles. The first-order valence-electron chi connectivity index (χ1n) is 10.1. The molecule has 3 heterocycles. The zero-order valence-electron chi connectivity index (χ0n) is 18.0. The number of aliphatic hydroxyl groups is 2. The van der Waals surface area contributed by atoms with Crippen LogP contribution in [0.2, 0.25) is 0 Å². The van der Waals surface area contributed by atoms with Gasteiger partial charge in [-0.2, -0.15) is 0 Å². The van der Waals surface area contributed by atoms with E-state index in [-0.39, 0.29) is 6.54 Å². The van der Waals surface area contributed by atoms with E-state index in [1.165, 1.54) is 0 Å². The average Bonchev–Trinajstić information content (AvgIpc) is 3.31. The minimum absolute atomic E-state index is 0.252. The van der Waals surface area contributed by atoms with E-state index in [1.54, 1.807) is 12.1 Å². The van der Waals surface area contributed by atoms with Gasteiger partial charge in [0.1, 0.15) is 24.0 Å². The molecule has 4 rings (SSSR count). The molecule has 3 aromatic rings. The van der Waals surface area contributed by atoms with E-state index in [0.717, 1.165) is 27.0 Å². The van der Waals surface area contributed by atoms with Gasteiger partial charge in [-0.05, 0) is 18.6 Å². The van der Waals surface area contributed by atoms with Crippen LogP contribution in [0.5, 0.6) is 0 Å². The lowest BCUT2D eigenvalue weighted by atomic mass is 10.1. The normalized spacial score (nSPS) is 25.1. The van der Waals surface area contributed by atoms with Crippen molar-refractivity contribution in [3.8, 4) is 0 Å². The molecule has 4 N–H and O–H groups in total. The fraction of sp³-hybridized carbons (Fsp3) is 0.389. The molecule has 0 amide bonds. The quantitative estimate of drug-likeness (QED) is 0.273. The fourth-order valence-electron chi connectivity index (χ4n) is 3.67. The van der Waals surface area contributed by atoms with Crippen LogP contribution >= 0.6 is 16.1 Å². The van der Waals surface area contributed by atoms with Gasteiger partial charge in [0, 0.05) is 17.6 Å². The largest absolute Gasteiger partial charge is 0.479 e. The summed E-state index contributed by atoms with van der Waals surface area (Å²) in [5, 5.41) is 25.2. The molecule has 35 heavy (non-hydrogen) atoms. The number of hydrogen-bond donors (Lipinski definition) is 4. The highest BCUT2D eigenvalue weighted by Gasteiger charge is 2.45. The van der Waals surface area contributed by atoms with Crippen molar-refractivity contribution in [2.45, 2.75) is 38.0 Å². The number of benzene rings is 1. The molecule has 190 valence electrons. The zero-order chi connectivity index (χ0) is 25.5. The summed E-state index contributed by atoms with van der Waals surface area (Å²) < 4.78 is 43.1. The van der Waals surface area contributed by atoms with Crippen molar-refractivity contribution < 1.29 is 47.2 Å². The Labute approximate surface area is 196 Å². The Morgan fingerprint density at radius 2 is 1.97 bits per heavy atom. The van der Waals surface area contributed by atoms with Crippen molar-refractivity contribution in [2.24, 2.45) is 0 Å². The second-order valence-electron chi connectivity index (χ2n) is 7.68. The number of rotatable bonds is 8. The summed E-state index contributed by atoms with van der Waals surface area (Å²) in [5.41, 5.74) is 0.0773. The number of fused-ring (bicyclic) bond motifs is 1. The maximum Gasteiger partial charge on any atom is 0.479 e. The van der Waals surface area contributed by atoms with Crippen LogP contribution in [0.15, 0.2) is 44.6 Å². The van der Waals surface area contributed by atoms with E-state index in [9.17, 15) is 33.8 Å². The predicted octanol–water partition coefficient (Wildman–Crippen LogP) is -0.357. The first-order chi connectivity index (χ1) is 16.5. The van der Waals surface area contributed by atoms with Gasteiger partial charge in [-0.1, -0.05) is 17.3 Å². The van der Waals surface area contributed by atoms with Gasteiger partial charge in [-0.15, -0.1) is 0 Å². The minimum atomic E-state index is -4.94. The van der Waals surface area contributed by atoms with Crippen molar-refractivity contribution in [3.05, 3.63) is 62.6 Å². The molecular formula is C18H21N3O12P2. The van der Waals surface area contributed by atoms with Gasteiger partial charge < -0.3 is 29.3 Å². The van der Waals surface area contributed by atoms with Crippen LogP contribution in [-0.2, 0) is 29.2 Å². The van der Waals surface area contributed by atoms with Gasteiger partial charge in [0.2, 0.25) is 0 Å². The molecule has 1 fully saturated rings. The summed E-state index contributed by atoms with van der Waals surface area (Å²) in [5.74, 6) is 0. The Morgan fingerprint density at radius 1 is 1.23 bits per heavy atom. The maximum atomic E-state index is 13.1. The van der Waals surface area contributed by atoms with E-state index < -0.39 is 58.5 Å². The van der Waals surface area contributed by atoms with E-state index in [4.69, 9.17) is 14.2 Å². The number of nitrogens with zero attached hydrogens (tertiary/aromatic N) is 3. The molecule has 3 unspecified atom stereocenters. The van der Waals surface area contributed by atoms with Crippen molar-refractivity contribution in [1.29, 1.82) is 0 Å².